The van der Waals surface area contributed by atoms with Gasteiger partial charge in [-0.2, -0.15) is 0 Å². The molecule has 3 heteroatoms. The normalized spacial score (nSPS) is 31.2. The van der Waals surface area contributed by atoms with Crippen molar-refractivity contribution in [2.75, 3.05) is 6.54 Å². The Morgan fingerprint density at radius 1 is 1.58 bits per heavy atom. The maximum Gasteiger partial charge on any atom is 0.0409 e. The van der Waals surface area contributed by atoms with E-state index in [1.54, 1.807) is 11.5 Å². The standard InChI is InChI=1S/C9H12N2S/c1-5-10-9(3-4-9)7(1)8-2-6-11-12-8/h2,6-7,10H,1,3-5H2. The molecule has 2 aliphatic rings. The second kappa shape index (κ2) is 2.30. The fraction of sp³-hybridized carbons (Fsp3) is 0.667. The summed E-state index contributed by atoms with van der Waals surface area (Å²) in [5.41, 5.74) is 0.506. The van der Waals surface area contributed by atoms with Gasteiger partial charge in [0.05, 0.1) is 0 Å². The van der Waals surface area contributed by atoms with Gasteiger partial charge in [-0.1, -0.05) is 0 Å². The first-order valence-electron chi connectivity index (χ1n) is 4.56. The lowest BCUT2D eigenvalue weighted by Gasteiger charge is -2.15. The van der Waals surface area contributed by atoms with Gasteiger partial charge in [0.25, 0.3) is 0 Å². The third-order valence-corrected chi connectivity index (χ3v) is 4.03. The Bertz CT molecular complexity index is 277. The molecule has 64 valence electrons. The molecule has 1 aliphatic heterocycles. The van der Waals surface area contributed by atoms with Gasteiger partial charge in [-0.05, 0) is 43.4 Å². The number of nitrogens with zero attached hydrogens (tertiary/aromatic N) is 1. The van der Waals surface area contributed by atoms with Crippen LogP contribution in [0, 0.1) is 0 Å². The summed E-state index contributed by atoms with van der Waals surface area (Å²) >= 11 is 1.67. The van der Waals surface area contributed by atoms with E-state index in [0.717, 1.165) is 5.92 Å². The van der Waals surface area contributed by atoms with Gasteiger partial charge in [0.2, 0.25) is 0 Å². The topological polar surface area (TPSA) is 24.9 Å². The molecule has 0 bridgehead atoms. The van der Waals surface area contributed by atoms with Crippen LogP contribution in [0.25, 0.3) is 0 Å². The lowest BCUT2D eigenvalue weighted by atomic mass is 9.97. The van der Waals surface area contributed by atoms with Gasteiger partial charge >= 0.3 is 0 Å². The molecule has 1 aromatic heterocycles. The number of hydrogen-bond acceptors (Lipinski definition) is 3. The lowest BCUT2D eigenvalue weighted by molar-refractivity contribution is 0.541. The van der Waals surface area contributed by atoms with Crippen LogP contribution in [-0.4, -0.2) is 16.5 Å². The van der Waals surface area contributed by atoms with Gasteiger partial charge in [0.1, 0.15) is 0 Å². The summed E-state index contributed by atoms with van der Waals surface area (Å²) in [4.78, 5) is 1.48. The molecule has 1 N–H and O–H groups in total. The molecule has 1 aliphatic carbocycles. The summed E-state index contributed by atoms with van der Waals surface area (Å²) in [7, 11) is 0. The van der Waals surface area contributed by atoms with Crippen molar-refractivity contribution in [3.05, 3.63) is 17.1 Å². The Kier molecular flexibility index (Phi) is 1.35. The number of rotatable bonds is 1. The molecule has 0 aromatic carbocycles. The molecule has 1 atom stereocenters. The van der Waals surface area contributed by atoms with E-state index in [1.165, 1.54) is 30.7 Å². The molecule has 1 unspecified atom stereocenters. The van der Waals surface area contributed by atoms with Crippen LogP contribution in [0.3, 0.4) is 0 Å². The number of aromatic nitrogens is 1. The maximum atomic E-state index is 4.17. The highest BCUT2D eigenvalue weighted by molar-refractivity contribution is 7.05. The summed E-state index contributed by atoms with van der Waals surface area (Å²) < 4.78 is 4.17. The summed E-state index contributed by atoms with van der Waals surface area (Å²) in [6, 6.07) is 2.18. The summed E-state index contributed by atoms with van der Waals surface area (Å²) in [5, 5.41) is 3.62. The minimum Gasteiger partial charge on any atom is -0.311 e. The van der Waals surface area contributed by atoms with Crippen LogP contribution in [0.1, 0.15) is 30.1 Å². The molecule has 2 fully saturated rings. The second-order valence-corrected chi connectivity index (χ2v) is 4.70. The van der Waals surface area contributed by atoms with Crippen LogP contribution < -0.4 is 5.32 Å². The van der Waals surface area contributed by atoms with Crippen LogP contribution in [0.4, 0.5) is 0 Å². The average molecular weight is 180 g/mol. The summed E-state index contributed by atoms with van der Waals surface area (Å²) in [6.07, 6.45) is 5.97. The molecule has 0 radical (unpaired) electrons. The monoisotopic (exact) mass is 180 g/mol. The quantitative estimate of drug-likeness (QED) is 0.712. The Morgan fingerprint density at radius 2 is 2.50 bits per heavy atom. The fourth-order valence-corrected chi connectivity index (χ4v) is 3.18. The predicted octanol–water partition coefficient (Wildman–Crippen LogP) is 1.75. The number of hydrogen-bond donors (Lipinski definition) is 1. The fourth-order valence-electron chi connectivity index (χ4n) is 2.34. The predicted molar refractivity (Wildman–Crippen MR) is 49.4 cm³/mol. The Labute approximate surface area is 76.2 Å². The van der Waals surface area contributed by atoms with E-state index in [1.807, 2.05) is 6.20 Å². The first-order chi connectivity index (χ1) is 5.91. The Hall–Kier alpha value is -0.410. The third-order valence-electron chi connectivity index (χ3n) is 3.17. The van der Waals surface area contributed by atoms with Gasteiger partial charge in [-0.25, -0.2) is 4.37 Å². The molecule has 0 amide bonds. The van der Waals surface area contributed by atoms with Crippen LogP contribution >= 0.6 is 11.5 Å². The van der Waals surface area contributed by atoms with Gasteiger partial charge in [0.15, 0.2) is 0 Å². The molecule has 1 spiro atoms. The Morgan fingerprint density at radius 3 is 3.17 bits per heavy atom. The zero-order valence-electron chi connectivity index (χ0n) is 6.92. The minimum absolute atomic E-state index is 0.506. The van der Waals surface area contributed by atoms with Crippen molar-refractivity contribution in [2.24, 2.45) is 0 Å². The maximum absolute atomic E-state index is 4.17. The largest absolute Gasteiger partial charge is 0.311 e. The first-order valence-corrected chi connectivity index (χ1v) is 5.34. The van der Waals surface area contributed by atoms with Crippen LogP contribution in [0.2, 0.25) is 0 Å². The van der Waals surface area contributed by atoms with Crippen molar-refractivity contribution in [1.29, 1.82) is 0 Å². The van der Waals surface area contributed by atoms with E-state index < -0.39 is 0 Å². The molecule has 12 heavy (non-hydrogen) atoms. The molecular formula is C9H12N2S. The highest BCUT2D eigenvalue weighted by Crippen LogP contribution is 2.52. The van der Waals surface area contributed by atoms with E-state index in [0.29, 0.717) is 5.54 Å². The lowest BCUT2D eigenvalue weighted by Crippen LogP contribution is -2.27. The zero-order chi connectivity index (χ0) is 8.02. The molecular weight excluding hydrogens is 168 g/mol. The SMILES string of the molecule is c1cc(C2CCNC23CC3)sn1. The van der Waals surface area contributed by atoms with E-state index in [4.69, 9.17) is 0 Å². The average Bonchev–Trinajstić information content (AvgIpc) is 2.51. The van der Waals surface area contributed by atoms with Crippen molar-refractivity contribution in [3.63, 3.8) is 0 Å². The highest BCUT2D eigenvalue weighted by Gasteiger charge is 2.52. The van der Waals surface area contributed by atoms with E-state index in [-0.39, 0.29) is 0 Å². The minimum atomic E-state index is 0.506. The van der Waals surface area contributed by atoms with Crippen molar-refractivity contribution >= 4 is 11.5 Å². The zero-order valence-corrected chi connectivity index (χ0v) is 7.73. The molecule has 1 aromatic rings. The summed E-state index contributed by atoms with van der Waals surface area (Å²) in [5.74, 6) is 0.769. The van der Waals surface area contributed by atoms with Gasteiger partial charge in [-0.15, -0.1) is 0 Å². The third kappa shape index (κ3) is 0.866. The first kappa shape index (κ1) is 7.04. The van der Waals surface area contributed by atoms with Crippen LogP contribution in [0.5, 0.6) is 0 Å². The van der Waals surface area contributed by atoms with E-state index >= 15 is 0 Å². The van der Waals surface area contributed by atoms with E-state index in [2.05, 4.69) is 15.8 Å². The Balaban J connectivity index is 1.93. The second-order valence-electron chi connectivity index (χ2n) is 3.84. The van der Waals surface area contributed by atoms with Crippen LogP contribution in [0.15, 0.2) is 12.3 Å². The molecule has 1 saturated carbocycles. The van der Waals surface area contributed by atoms with E-state index in [9.17, 15) is 0 Å². The van der Waals surface area contributed by atoms with Gasteiger partial charge < -0.3 is 5.32 Å². The molecule has 3 rings (SSSR count). The van der Waals surface area contributed by atoms with Crippen molar-refractivity contribution in [2.45, 2.75) is 30.7 Å². The smallest absolute Gasteiger partial charge is 0.0409 e. The van der Waals surface area contributed by atoms with Crippen LogP contribution in [-0.2, 0) is 0 Å². The molecule has 2 nitrogen and oxygen atoms in total. The van der Waals surface area contributed by atoms with Crippen molar-refractivity contribution < 1.29 is 0 Å². The van der Waals surface area contributed by atoms with Crippen molar-refractivity contribution in [1.82, 2.24) is 9.69 Å². The molecule has 1 saturated heterocycles. The highest BCUT2D eigenvalue weighted by atomic mass is 32.1. The molecule has 2 heterocycles. The number of nitrogens with one attached hydrogen (secondary N) is 1. The summed E-state index contributed by atoms with van der Waals surface area (Å²) in [6.45, 7) is 1.20. The van der Waals surface area contributed by atoms with Crippen molar-refractivity contribution in [3.8, 4) is 0 Å². The van der Waals surface area contributed by atoms with Gasteiger partial charge in [0, 0.05) is 22.5 Å². The van der Waals surface area contributed by atoms with Gasteiger partial charge in [-0.3, -0.25) is 0 Å².